The van der Waals surface area contributed by atoms with Gasteiger partial charge >= 0.3 is 0 Å². The summed E-state index contributed by atoms with van der Waals surface area (Å²) in [5.74, 6) is 0.596. The number of aryl methyl sites for hydroxylation is 1. The van der Waals surface area contributed by atoms with Crippen LogP contribution >= 0.6 is 0 Å². The minimum absolute atomic E-state index is 0.00373. The van der Waals surface area contributed by atoms with E-state index in [0.29, 0.717) is 17.1 Å². The van der Waals surface area contributed by atoms with Gasteiger partial charge in [-0.2, -0.15) is 10.5 Å². The van der Waals surface area contributed by atoms with Crippen LogP contribution in [0.3, 0.4) is 0 Å². The van der Waals surface area contributed by atoms with Crippen LogP contribution in [0.2, 0.25) is 0 Å². The molecule has 0 amide bonds. The van der Waals surface area contributed by atoms with Crippen molar-refractivity contribution in [2.75, 3.05) is 20.8 Å². The van der Waals surface area contributed by atoms with Crippen molar-refractivity contribution in [3.8, 4) is 23.6 Å². The van der Waals surface area contributed by atoms with Crippen LogP contribution in [0.15, 0.2) is 59.8 Å². The molecule has 31 heavy (non-hydrogen) atoms. The van der Waals surface area contributed by atoms with Crippen LogP contribution in [0.1, 0.15) is 37.3 Å². The highest BCUT2D eigenvalue weighted by Gasteiger charge is 2.40. The minimum Gasteiger partial charge on any atom is -0.493 e. The van der Waals surface area contributed by atoms with E-state index in [1.807, 2.05) is 31.2 Å². The fourth-order valence-corrected chi connectivity index (χ4v) is 4.56. The number of nitriles is 2. The van der Waals surface area contributed by atoms with Gasteiger partial charge in [0.15, 0.2) is 11.5 Å². The van der Waals surface area contributed by atoms with E-state index in [1.165, 1.54) is 5.56 Å². The normalized spacial score (nSPS) is 20.7. The van der Waals surface area contributed by atoms with Gasteiger partial charge in [0, 0.05) is 24.2 Å². The molecule has 1 heterocycles. The molecule has 0 spiro atoms. The Hall–Kier alpha value is -3.44. The van der Waals surface area contributed by atoms with Gasteiger partial charge in [0.1, 0.15) is 0 Å². The molecule has 1 aliphatic heterocycles. The summed E-state index contributed by atoms with van der Waals surface area (Å²) in [6.07, 6.45) is 1.93. The standard InChI is InChI=1S/C26H29N3O2/c1-18-22(16-27)26(21-12-13-24(30-3)25(15-21)31-4)23(17-28)19(2)29(18)14-8-11-20-9-6-5-7-10-20/h5-7,9-10,12-13,15,18,22,26H,8,11,14H2,1-4H3. The monoisotopic (exact) mass is 415 g/mol. The van der Waals surface area contributed by atoms with Gasteiger partial charge in [-0.3, -0.25) is 0 Å². The maximum atomic E-state index is 10.1. The third-order valence-electron chi connectivity index (χ3n) is 6.25. The lowest BCUT2D eigenvalue weighted by Gasteiger charge is -2.43. The predicted octanol–water partition coefficient (Wildman–Crippen LogP) is 5.06. The van der Waals surface area contributed by atoms with E-state index in [4.69, 9.17) is 9.47 Å². The van der Waals surface area contributed by atoms with Crippen LogP contribution in [0.5, 0.6) is 11.5 Å². The molecule has 0 aliphatic carbocycles. The van der Waals surface area contributed by atoms with Gasteiger partial charge < -0.3 is 14.4 Å². The van der Waals surface area contributed by atoms with Crippen LogP contribution < -0.4 is 9.47 Å². The quantitative estimate of drug-likeness (QED) is 0.632. The smallest absolute Gasteiger partial charge is 0.161 e. The van der Waals surface area contributed by atoms with Crippen LogP contribution in [0, 0.1) is 28.6 Å². The average Bonchev–Trinajstić information content (AvgIpc) is 2.81. The van der Waals surface area contributed by atoms with Crippen molar-refractivity contribution < 1.29 is 9.47 Å². The third-order valence-corrected chi connectivity index (χ3v) is 6.25. The SMILES string of the molecule is COc1ccc(C2C(C#N)=C(C)N(CCCc3ccccc3)C(C)C2C#N)cc1OC. The van der Waals surface area contributed by atoms with Crippen molar-refractivity contribution >= 4 is 0 Å². The molecular weight excluding hydrogens is 386 g/mol. The van der Waals surface area contributed by atoms with Crippen molar-refractivity contribution in [3.63, 3.8) is 0 Å². The summed E-state index contributed by atoms with van der Waals surface area (Å²) in [4.78, 5) is 2.23. The number of rotatable bonds is 7. The Kier molecular flexibility index (Phi) is 7.21. The molecule has 2 aromatic carbocycles. The zero-order valence-corrected chi connectivity index (χ0v) is 18.6. The first-order valence-electron chi connectivity index (χ1n) is 10.6. The van der Waals surface area contributed by atoms with Gasteiger partial charge in [-0.05, 0) is 49.9 Å². The first-order valence-corrected chi connectivity index (χ1v) is 10.6. The second kappa shape index (κ2) is 10.0. The first kappa shape index (κ1) is 22.2. The lowest BCUT2D eigenvalue weighted by molar-refractivity contribution is 0.190. The van der Waals surface area contributed by atoms with Crippen molar-refractivity contribution in [1.29, 1.82) is 10.5 Å². The molecule has 0 saturated heterocycles. The lowest BCUT2D eigenvalue weighted by Crippen LogP contribution is -2.45. The summed E-state index contributed by atoms with van der Waals surface area (Å²) in [5.41, 5.74) is 3.80. The van der Waals surface area contributed by atoms with E-state index in [9.17, 15) is 10.5 Å². The Bertz CT molecular complexity index is 1020. The molecule has 0 saturated carbocycles. The molecule has 0 radical (unpaired) electrons. The number of nitrogens with zero attached hydrogens (tertiary/aromatic N) is 3. The Labute approximate surface area is 185 Å². The first-order chi connectivity index (χ1) is 15.0. The van der Waals surface area contributed by atoms with E-state index in [2.05, 4.69) is 48.2 Å². The topological polar surface area (TPSA) is 69.3 Å². The predicted molar refractivity (Wildman–Crippen MR) is 121 cm³/mol. The fraction of sp³-hybridized carbons (Fsp3) is 0.385. The Morgan fingerprint density at radius 1 is 1.00 bits per heavy atom. The maximum absolute atomic E-state index is 10.1. The summed E-state index contributed by atoms with van der Waals surface area (Å²) in [5, 5.41) is 20.1. The van der Waals surface area contributed by atoms with Crippen molar-refractivity contribution in [2.24, 2.45) is 5.92 Å². The van der Waals surface area contributed by atoms with E-state index in [0.717, 1.165) is 30.6 Å². The summed E-state index contributed by atoms with van der Waals surface area (Å²) < 4.78 is 10.8. The zero-order valence-electron chi connectivity index (χ0n) is 18.6. The molecule has 0 bridgehead atoms. The highest BCUT2D eigenvalue weighted by molar-refractivity contribution is 5.50. The third kappa shape index (κ3) is 4.52. The van der Waals surface area contributed by atoms with E-state index < -0.39 is 0 Å². The van der Waals surface area contributed by atoms with Gasteiger partial charge in [0.25, 0.3) is 0 Å². The van der Waals surface area contributed by atoms with Gasteiger partial charge in [-0.15, -0.1) is 0 Å². The number of allylic oxidation sites excluding steroid dienone is 2. The Balaban J connectivity index is 1.92. The molecule has 0 aromatic heterocycles. The van der Waals surface area contributed by atoms with Crippen LogP contribution in [0.25, 0.3) is 0 Å². The average molecular weight is 416 g/mol. The summed E-state index contributed by atoms with van der Waals surface area (Å²) >= 11 is 0. The molecule has 1 aliphatic rings. The van der Waals surface area contributed by atoms with Crippen molar-refractivity contribution in [1.82, 2.24) is 4.90 Å². The molecule has 0 fully saturated rings. The molecule has 160 valence electrons. The van der Waals surface area contributed by atoms with Gasteiger partial charge in [-0.25, -0.2) is 0 Å². The molecule has 3 rings (SSSR count). The lowest BCUT2D eigenvalue weighted by atomic mass is 9.74. The minimum atomic E-state index is -0.340. The highest BCUT2D eigenvalue weighted by Crippen LogP contribution is 2.44. The number of methoxy groups -OCH3 is 2. The molecule has 5 nitrogen and oxygen atoms in total. The molecule has 2 aromatic rings. The van der Waals surface area contributed by atoms with Crippen LogP contribution in [-0.4, -0.2) is 31.7 Å². The van der Waals surface area contributed by atoms with Crippen molar-refractivity contribution in [2.45, 2.75) is 38.6 Å². The van der Waals surface area contributed by atoms with Crippen molar-refractivity contribution in [3.05, 3.63) is 70.9 Å². The largest absolute Gasteiger partial charge is 0.493 e. The van der Waals surface area contributed by atoms with Gasteiger partial charge in [0.05, 0.1) is 37.8 Å². The summed E-state index contributed by atoms with van der Waals surface area (Å²) in [7, 11) is 3.18. The molecular formula is C26H29N3O2. The van der Waals surface area contributed by atoms with E-state index in [-0.39, 0.29) is 17.9 Å². The Morgan fingerprint density at radius 2 is 1.71 bits per heavy atom. The fourth-order valence-electron chi connectivity index (χ4n) is 4.56. The number of hydrogen-bond acceptors (Lipinski definition) is 5. The molecule has 3 unspecified atom stereocenters. The van der Waals surface area contributed by atoms with Crippen LogP contribution in [-0.2, 0) is 6.42 Å². The molecule has 0 N–H and O–H groups in total. The number of hydrogen-bond donors (Lipinski definition) is 0. The molecule has 3 atom stereocenters. The van der Waals surface area contributed by atoms with E-state index in [1.54, 1.807) is 14.2 Å². The second-order valence-electron chi connectivity index (χ2n) is 7.88. The highest BCUT2D eigenvalue weighted by atomic mass is 16.5. The van der Waals surface area contributed by atoms with Gasteiger partial charge in [0.2, 0.25) is 0 Å². The van der Waals surface area contributed by atoms with Gasteiger partial charge in [-0.1, -0.05) is 36.4 Å². The number of benzene rings is 2. The second-order valence-corrected chi connectivity index (χ2v) is 7.88. The molecule has 5 heteroatoms. The number of ether oxygens (including phenoxy) is 2. The van der Waals surface area contributed by atoms with E-state index >= 15 is 0 Å². The maximum Gasteiger partial charge on any atom is 0.161 e. The zero-order chi connectivity index (χ0) is 22.4. The van der Waals surface area contributed by atoms with Crippen LogP contribution in [0.4, 0.5) is 0 Å². The summed E-state index contributed by atoms with van der Waals surface area (Å²) in [6.45, 7) is 4.89. The Morgan fingerprint density at radius 3 is 2.32 bits per heavy atom. The summed E-state index contributed by atoms with van der Waals surface area (Å²) in [6, 6.07) is 20.9.